The first-order valence-electron chi connectivity index (χ1n) is 11.6. The molecule has 3 aromatic rings. The van der Waals surface area contributed by atoms with E-state index in [2.05, 4.69) is 15.5 Å². The zero-order valence-corrected chi connectivity index (χ0v) is 21.5. The van der Waals surface area contributed by atoms with E-state index in [9.17, 15) is 18.0 Å². The van der Waals surface area contributed by atoms with E-state index in [1.807, 2.05) is 30.3 Å². The molecule has 0 radical (unpaired) electrons. The third-order valence-electron chi connectivity index (χ3n) is 5.47. The third-order valence-corrected chi connectivity index (χ3v) is 7.52. The van der Waals surface area contributed by atoms with Crippen LogP contribution in [0.2, 0.25) is 0 Å². The molecule has 0 saturated carbocycles. The van der Waals surface area contributed by atoms with E-state index in [0.717, 1.165) is 5.56 Å². The smallest absolute Gasteiger partial charge is 0.329 e. The van der Waals surface area contributed by atoms with Crippen molar-refractivity contribution in [1.82, 2.24) is 19.8 Å². The molecule has 2 aromatic carbocycles. The Morgan fingerprint density at radius 2 is 1.72 bits per heavy atom. The zero-order chi connectivity index (χ0) is 26.3. The second-order valence-electron chi connectivity index (χ2n) is 8.29. The molecule has 192 valence electrons. The maximum Gasteiger partial charge on any atom is 0.329 e. The maximum atomic E-state index is 12.9. The number of hydrogen-bond acceptors (Lipinski definition) is 8. The van der Waals surface area contributed by atoms with Gasteiger partial charge in [0.15, 0.2) is 6.61 Å². The Hall–Kier alpha value is -3.57. The number of carbonyl (C=O) groups is 2. The fourth-order valence-electron chi connectivity index (χ4n) is 3.46. The van der Waals surface area contributed by atoms with Crippen LogP contribution in [0.3, 0.4) is 0 Å². The Balaban J connectivity index is 1.68. The minimum atomic E-state index is -3.74. The molecule has 1 atom stereocenters. The van der Waals surface area contributed by atoms with Crippen molar-refractivity contribution < 1.29 is 27.2 Å². The normalized spacial score (nSPS) is 12.5. The summed E-state index contributed by atoms with van der Waals surface area (Å²) in [5.74, 6) is -1.15. The maximum absolute atomic E-state index is 12.9. The molecule has 11 heteroatoms. The molecule has 10 nitrogen and oxygen atoms in total. The van der Waals surface area contributed by atoms with Crippen LogP contribution >= 0.6 is 0 Å². The van der Waals surface area contributed by atoms with Gasteiger partial charge in [0.2, 0.25) is 15.9 Å². The van der Waals surface area contributed by atoms with Crippen molar-refractivity contribution in [2.24, 2.45) is 5.92 Å². The number of hydrogen-bond donors (Lipinski definition) is 1. The lowest BCUT2D eigenvalue weighted by Gasteiger charge is -2.21. The number of benzene rings is 2. The van der Waals surface area contributed by atoms with Crippen molar-refractivity contribution in [2.45, 2.75) is 45.2 Å². The van der Waals surface area contributed by atoms with Gasteiger partial charge in [-0.05, 0) is 36.2 Å². The highest BCUT2D eigenvalue weighted by Gasteiger charge is 2.28. The largest absolute Gasteiger partial charge is 0.454 e. The van der Waals surface area contributed by atoms with Gasteiger partial charge in [0.25, 0.3) is 11.8 Å². The summed E-state index contributed by atoms with van der Waals surface area (Å²) in [5, 5.41) is 10.5. The molecule has 0 fully saturated rings. The topological polar surface area (TPSA) is 132 Å². The van der Waals surface area contributed by atoms with Crippen molar-refractivity contribution in [3.63, 3.8) is 0 Å². The zero-order valence-electron chi connectivity index (χ0n) is 20.7. The SMILES string of the molecule is CCN(CC)S(=O)(=O)c1cccc(C(=O)N[C@H](C(=O)OCc2nnc(-c3ccccc3)o2)C(C)C)c1. The van der Waals surface area contributed by atoms with E-state index in [1.165, 1.54) is 28.6 Å². The van der Waals surface area contributed by atoms with E-state index in [4.69, 9.17) is 9.15 Å². The number of carbonyl (C=O) groups excluding carboxylic acids is 2. The third kappa shape index (κ3) is 6.35. The van der Waals surface area contributed by atoms with Gasteiger partial charge in [-0.25, -0.2) is 13.2 Å². The summed E-state index contributed by atoms with van der Waals surface area (Å²) in [4.78, 5) is 25.7. The number of rotatable bonds is 11. The molecule has 36 heavy (non-hydrogen) atoms. The summed E-state index contributed by atoms with van der Waals surface area (Å²) in [7, 11) is -3.74. The van der Waals surface area contributed by atoms with Gasteiger partial charge in [0.1, 0.15) is 6.04 Å². The van der Waals surface area contributed by atoms with Gasteiger partial charge >= 0.3 is 5.97 Å². The molecule has 0 spiro atoms. The summed E-state index contributed by atoms with van der Waals surface area (Å²) < 4.78 is 37.8. The number of nitrogens with one attached hydrogen (secondary N) is 1. The van der Waals surface area contributed by atoms with Crippen LogP contribution in [0.1, 0.15) is 43.9 Å². The van der Waals surface area contributed by atoms with Gasteiger partial charge < -0.3 is 14.5 Å². The number of esters is 1. The van der Waals surface area contributed by atoms with Crippen LogP contribution in [0, 0.1) is 5.92 Å². The minimum Gasteiger partial charge on any atom is -0.454 e. The summed E-state index contributed by atoms with van der Waals surface area (Å²) in [6.07, 6.45) is 0. The van der Waals surface area contributed by atoms with Crippen LogP contribution in [0.4, 0.5) is 0 Å². The van der Waals surface area contributed by atoms with Crippen LogP contribution in [-0.4, -0.2) is 53.9 Å². The average Bonchev–Trinajstić information content (AvgIpc) is 3.36. The average molecular weight is 515 g/mol. The summed E-state index contributed by atoms with van der Waals surface area (Å²) >= 11 is 0. The van der Waals surface area contributed by atoms with Crippen LogP contribution in [0.5, 0.6) is 0 Å². The van der Waals surface area contributed by atoms with Gasteiger partial charge in [-0.3, -0.25) is 4.79 Å². The predicted molar refractivity (Wildman–Crippen MR) is 132 cm³/mol. The van der Waals surface area contributed by atoms with E-state index in [1.54, 1.807) is 27.7 Å². The lowest BCUT2D eigenvalue weighted by atomic mass is 10.0. The monoisotopic (exact) mass is 514 g/mol. The highest BCUT2D eigenvalue weighted by Crippen LogP contribution is 2.19. The summed E-state index contributed by atoms with van der Waals surface area (Å²) in [6.45, 7) is 7.37. The van der Waals surface area contributed by atoms with Crippen LogP contribution in [0.15, 0.2) is 63.9 Å². The van der Waals surface area contributed by atoms with Gasteiger partial charge in [-0.15, -0.1) is 10.2 Å². The molecule has 1 amide bonds. The Kier molecular flexibility index (Phi) is 8.94. The van der Waals surface area contributed by atoms with Crippen molar-refractivity contribution >= 4 is 21.9 Å². The second kappa shape index (κ2) is 11.9. The molecule has 1 N–H and O–H groups in total. The molecule has 0 bridgehead atoms. The fraction of sp³-hybridized carbons (Fsp3) is 0.360. The molecule has 1 aromatic heterocycles. The number of sulfonamides is 1. The van der Waals surface area contributed by atoms with Gasteiger partial charge in [0.05, 0.1) is 4.90 Å². The van der Waals surface area contributed by atoms with Gasteiger partial charge in [0, 0.05) is 24.2 Å². The summed E-state index contributed by atoms with van der Waals surface area (Å²) in [5.41, 5.74) is 0.853. The van der Waals surface area contributed by atoms with E-state index in [0.29, 0.717) is 19.0 Å². The first-order valence-corrected chi connectivity index (χ1v) is 13.1. The van der Waals surface area contributed by atoms with Crippen LogP contribution in [-0.2, 0) is 26.2 Å². The molecular formula is C25H30N4O6S. The molecule has 0 unspecified atom stereocenters. The Morgan fingerprint density at radius 3 is 2.36 bits per heavy atom. The number of aromatic nitrogens is 2. The Morgan fingerprint density at radius 1 is 1.03 bits per heavy atom. The second-order valence-corrected chi connectivity index (χ2v) is 10.2. The van der Waals surface area contributed by atoms with Crippen molar-refractivity contribution in [3.8, 4) is 11.5 Å². The first kappa shape index (κ1) is 27.0. The predicted octanol–water partition coefficient (Wildman–Crippen LogP) is 3.26. The standard InChI is InChI=1S/C25H30N4O6S/c1-5-29(6-2)36(32,33)20-14-10-13-19(15-20)23(30)26-22(17(3)4)25(31)34-16-21-27-28-24(35-21)18-11-8-7-9-12-18/h7-15,17,22H,5-6,16H2,1-4H3,(H,26,30)/t22-/m0/s1. The minimum absolute atomic E-state index is 0.00753. The highest BCUT2D eigenvalue weighted by molar-refractivity contribution is 7.89. The lowest BCUT2D eigenvalue weighted by Crippen LogP contribution is -2.45. The number of ether oxygens (including phenoxy) is 1. The Bertz CT molecular complexity index is 1290. The van der Waals surface area contributed by atoms with Crippen molar-refractivity contribution in [1.29, 1.82) is 0 Å². The summed E-state index contributed by atoms with van der Waals surface area (Å²) in [6, 6.07) is 13.9. The molecule has 0 aliphatic rings. The first-order chi connectivity index (χ1) is 17.2. The molecular weight excluding hydrogens is 484 g/mol. The van der Waals surface area contributed by atoms with Crippen LogP contribution < -0.4 is 5.32 Å². The van der Waals surface area contributed by atoms with Crippen molar-refractivity contribution in [2.75, 3.05) is 13.1 Å². The number of amides is 1. The van der Waals surface area contributed by atoms with E-state index >= 15 is 0 Å². The van der Waals surface area contributed by atoms with E-state index < -0.39 is 27.9 Å². The van der Waals surface area contributed by atoms with Crippen molar-refractivity contribution in [3.05, 3.63) is 66.1 Å². The molecule has 0 aliphatic carbocycles. The molecule has 0 aliphatic heterocycles. The molecule has 3 rings (SSSR count). The van der Waals surface area contributed by atoms with E-state index in [-0.39, 0.29) is 28.9 Å². The van der Waals surface area contributed by atoms with Gasteiger partial charge in [-0.1, -0.05) is 52.0 Å². The van der Waals surface area contributed by atoms with Crippen LogP contribution in [0.25, 0.3) is 11.5 Å². The number of nitrogens with zero attached hydrogens (tertiary/aromatic N) is 3. The fourth-order valence-corrected chi connectivity index (χ4v) is 4.97. The molecule has 0 saturated heterocycles. The lowest BCUT2D eigenvalue weighted by molar-refractivity contribution is -0.149. The van der Waals surface area contributed by atoms with Gasteiger partial charge in [-0.2, -0.15) is 4.31 Å². The Labute approximate surface area is 210 Å². The highest BCUT2D eigenvalue weighted by atomic mass is 32.2. The molecule has 1 heterocycles. The quantitative estimate of drug-likeness (QED) is 0.386.